The fourth-order valence-electron chi connectivity index (χ4n) is 1.99. The molecule has 126 valence electrons. The van der Waals surface area contributed by atoms with Crippen molar-refractivity contribution in [3.8, 4) is 0 Å². The number of imidazole rings is 1. The summed E-state index contributed by atoms with van der Waals surface area (Å²) in [6, 6.07) is 7.92. The minimum atomic E-state index is -0.300. The normalized spacial score (nSPS) is 9.87. The van der Waals surface area contributed by atoms with E-state index in [0.717, 1.165) is 30.5 Å². The van der Waals surface area contributed by atoms with Crippen molar-refractivity contribution in [2.75, 3.05) is 19.7 Å². The number of hydrogen-bond acceptors (Lipinski definition) is 4. The van der Waals surface area contributed by atoms with Crippen LogP contribution in [0.25, 0.3) is 11.0 Å². The molecule has 0 amide bonds. The summed E-state index contributed by atoms with van der Waals surface area (Å²) >= 11 is 4.90. The molecule has 5 nitrogen and oxygen atoms in total. The minimum absolute atomic E-state index is 0.300. The fourth-order valence-corrected chi connectivity index (χ4v) is 2.21. The fraction of sp³-hybridized carbons (Fsp3) is 0.412. The number of benzene rings is 1. The van der Waals surface area contributed by atoms with Crippen LogP contribution in [0.5, 0.6) is 0 Å². The van der Waals surface area contributed by atoms with Gasteiger partial charge in [-0.25, -0.2) is 4.79 Å². The molecule has 0 fully saturated rings. The van der Waals surface area contributed by atoms with Crippen molar-refractivity contribution in [2.45, 2.75) is 27.2 Å². The number of nitrogens with zero attached hydrogens (tertiary/aromatic N) is 1. The van der Waals surface area contributed by atoms with Crippen LogP contribution in [-0.2, 0) is 9.53 Å². The summed E-state index contributed by atoms with van der Waals surface area (Å²) in [7, 11) is 0. The second-order valence-corrected chi connectivity index (χ2v) is 5.29. The van der Waals surface area contributed by atoms with Gasteiger partial charge in [-0.2, -0.15) is 0 Å². The largest absolute Gasteiger partial charge is 0.461 e. The first-order valence-corrected chi connectivity index (χ1v) is 8.22. The molecule has 0 saturated heterocycles. The first-order valence-electron chi connectivity index (χ1n) is 7.81. The number of fused-ring (bicyclic) bond motifs is 1. The highest BCUT2D eigenvalue weighted by Crippen LogP contribution is 2.07. The molecule has 2 N–H and O–H groups in total. The van der Waals surface area contributed by atoms with Gasteiger partial charge in [-0.1, -0.05) is 25.6 Å². The summed E-state index contributed by atoms with van der Waals surface area (Å²) in [4.78, 5) is 19.2. The Kier molecular flexibility index (Phi) is 8.11. The lowest BCUT2D eigenvalue weighted by atomic mass is 10.3. The molecular formula is C17H25N3O2S. The van der Waals surface area contributed by atoms with Crippen LogP contribution in [-0.4, -0.2) is 40.5 Å². The molecule has 0 saturated carbocycles. The molecule has 0 aliphatic heterocycles. The molecule has 0 spiro atoms. The summed E-state index contributed by atoms with van der Waals surface area (Å²) < 4.78 is 5.64. The average molecular weight is 335 g/mol. The van der Waals surface area contributed by atoms with Gasteiger partial charge in [0.1, 0.15) is 5.70 Å². The van der Waals surface area contributed by atoms with Crippen LogP contribution in [0.3, 0.4) is 0 Å². The summed E-state index contributed by atoms with van der Waals surface area (Å²) in [5.74, 6) is -0.300. The topological polar surface area (TPSA) is 61.1 Å². The SMILES string of the molecule is C=C(C(=O)OCCC)N(CC)CC.S=c1[nH]c2ccccc2[nH]1. The first kappa shape index (κ1) is 19.0. The van der Waals surface area contributed by atoms with Gasteiger partial charge in [0.25, 0.3) is 0 Å². The Bertz CT molecular complexity index is 650. The number of rotatable bonds is 6. The smallest absolute Gasteiger partial charge is 0.353 e. The lowest BCUT2D eigenvalue weighted by Crippen LogP contribution is -2.27. The second kappa shape index (κ2) is 9.84. The predicted octanol–water partition coefficient (Wildman–Crippen LogP) is 4.02. The van der Waals surface area contributed by atoms with Gasteiger partial charge in [0, 0.05) is 13.1 Å². The lowest BCUT2D eigenvalue weighted by molar-refractivity contribution is -0.140. The molecule has 1 aromatic carbocycles. The van der Waals surface area contributed by atoms with E-state index in [1.807, 2.05) is 49.9 Å². The number of para-hydroxylation sites is 2. The van der Waals surface area contributed by atoms with E-state index in [1.54, 1.807) is 0 Å². The molecule has 2 aromatic rings. The van der Waals surface area contributed by atoms with Crippen LogP contribution in [0.15, 0.2) is 36.5 Å². The number of likely N-dealkylation sites (N-methyl/N-ethyl adjacent to an activating group) is 1. The Morgan fingerprint density at radius 2 is 1.70 bits per heavy atom. The molecule has 1 aromatic heterocycles. The molecule has 0 bridgehead atoms. The summed E-state index contributed by atoms with van der Waals surface area (Å²) in [6.45, 7) is 11.7. The highest BCUT2D eigenvalue weighted by atomic mass is 32.1. The molecule has 2 rings (SSSR count). The third-order valence-corrected chi connectivity index (χ3v) is 3.45. The Balaban J connectivity index is 0.000000235. The number of aromatic amines is 2. The van der Waals surface area contributed by atoms with Gasteiger partial charge in [-0.15, -0.1) is 0 Å². The average Bonchev–Trinajstić information content (AvgIpc) is 2.94. The van der Waals surface area contributed by atoms with E-state index < -0.39 is 0 Å². The molecule has 0 radical (unpaired) electrons. The van der Waals surface area contributed by atoms with Crippen molar-refractivity contribution in [2.24, 2.45) is 0 Å². The van der Waals surface area contributed by atoms with E-state index in [1.165, 1.54) is 0 Å². The maximum Gasteiger partial charge on any atom is 0.353 e. The molecule has 1 heterocycles. The number of nitrogens with one attached hydrogen (secondary N) is 2. The van der Waals surface area contributed by atoms with Gasteiger partial charge in [-0.3, -0.25) is 0 Å². The third kappa shape index (κ3) is 5.90. The Morgan fingerprint density at radius 3 is 2.13 bits per heavy atom. The number of carbonyl (C=O) groups excluding carboxylic acids is 1. The van der Waals surface area contributed by atoms with E-state index >= 15 is 0 Å². The first-order chi connectivity index (χ1) is 11.0. The Labute approximate surface area is 142 Å². The molecular weight excluding hydrogens is 310 g/mol. The molecule has 0 aliphatic rings. The lowest BCUT2D eigenvalue weighted by Gasteiger charge is -2.21. The van der Waals surface area contributed by atoms with Gasteiger partial charge in [0.15, 0.2) is 4.77 Å². The Hall–Kier alpha value is -2.08. The number of hydrogen-bond donors (Lipinski definition) is 2. The van der Waals surface area contributed by atoms with Crippen LogP contribution in [0.4, 0.5) is 0 Å². The van der Waals surface area contributed by atoms with Crippen molar-refractivity contribution in [1.82, 2.24) is 14.9 Å². The van der Waals surface area contributed by atoms with Gasteiger partial charge in [0.05, 0.1) is 17.6 Å². The van der Waals surface area contributed by atoms with E-state index in [2.05, 4.69) is 16.5 Å². The number of esters is 1. The highest BCUT2D eigenvalue weighted by molar-refractivity contribution is 7.71. The van der Waals surface area contributed by atoms with Crippen LogP contribution in [0, 0.1) is 4.77 Å². The van der Waals surface area contributed by atoms with Crippen LogP contribution < -0.4 is 0 Å². The minimum Gasteiger partial charge on any atom is -0.461 e. The van der Waals surface area contributed by atoms with Gasteiger partial charge >= 0.3 is 5.97 Å². The van der Waals surface area contributed by atoms with Crippen LogP contribution in [0.1, 0.15) is 27.2 Å². The maximum absolute atomic E-state index is 11.3. The zero-order valence-corrected chi connectivity index (χ0v) is 14.8. The van der Waals surface area contributed by atoms with Crippen molar-refractivity contribution in [3.05, 3.63) is 41.3 Å². The van der Waals surface area contributed by atoms with Crippen molar-refractivity contribution in [1.29, 1.82) is 0 Å². The van der Waals surface area contributed by atoms with Gasteiger partial charge < -0.3 is 19.6 Å². The summed E-state index contributed by atoms with van der Waals surface area (Å²) in [6.07, 6.45) is 0.845. The predicted molar refractivity (Wildman–Crippen MR) is 96.8 cm³/mol. The summed E-state index contributed by atoms with van der Waals surface area (Å²) in [5.41, 5.74) is 2.58. The van der Waals surface area contributed by atoms with Crippen molar-refractivity contribution in [3.63, 3.8) is 0 Å². The van der Waals surface area contributed by atoms with E-state index in [0.29, 0.717) is 17.1 Å². The zero-order chi connectivity index (χ0) is 17.2. The van der Waals surface area contributed by atoms with Crippen LogP contribution in [0.2, 0.25) is 0 Å². The zero-order valence-electron chi connectivity index (χ0n) is 14.0. The van der Waals surface area contributed by atoms with Gasteiger partial charge in [0.2, 0.25) is 0 Å². The second-order valence-electron chi connectivity index (χ2n) is 4.88. The maximum atomic E-state index is 11.3. The van der Waals surface area contributed by atoms with E-state index in [9.17, 15) is 4.79 Å². The number of carbonyl (C=O) groups is 1. The molecule has 0 atom stereocenters. The van der Waals surface area contributed by atoms with E-state index in [4.69, 9.17) is 17.0 Å². The highest BCUT2D eigenvalue weighted by Gasteiger charge is 2.12. The van der Waals surface area contributed by atoms with Gasteiger partial charge in [-0.05, 0) is 44.6 Å². The molecule has 6 heteroatoms. The molecule has 0 aliphatic carbocycles. The Morgan fingerprint density at radius 1 is 1.17 bits per heavy atom. The quantitative estimate of drug-likeness (QED) is 0.475. The van der Waals surface area contributed by atoms with Crippen molar-refractivity contribution < 1.29 is 9.53 Å². The number of ether oxygens (including phenoxy) is 1. The van der Waals surface area contributed by atoms with Crippen LogP contribution >= 0.6 is 12.2 Å². The molecule has 0 unspecified atom stereocenters. The number of H-pyrrole nitrogens is 2. The molecule has 23 heavy (non-hydrogen) atoms. The monoisotopic (exact) mass is 335 g/mol. The number of aromatic nitrogens is 2. The third-order valence-electron chi connectivity index (χ3n) is 3.24. The summed E-state index contributed by atoms with van der Waals surface area (Å²) in [5, 5.41) is 0. The van der Waals surface area contributed by atoms with Crippen molar-refractivity contribution >= 4 is 29.2 Å². The van der Waals surface area contributed by atoms with E-state index in [-0.39, 0.29) is 5.97 Å². The standard InChI is InChI=1S/C10H19NO2.C7H6N2S/c1-5-8-13-10(12)9(4)11(6-2)7-3;10-7-8-5-3-1-2-4-6(5)9-7/h4-8H2,1-3H3;1-4H,(H2,8,9,10).